The summed E-state index contributed by atoms with van der Waals surface area (Å²) in [6, 6.07) is 7.18. The molecule has 1 aliphatic carbocycles. The number of fused-ring (bicyclic) bond motifs is 3. The molecule has 4 aromatic rings. The molecule has 4 heterocycles. The number of halogens is 2. The van der Waals surface area contributed by atoms with Crippen molar-refractivity contribution in [3.63, 3.8) is 0 Å². The molecule has 1 saturated carbocycles. The first-order chi connectivity index (χ1) is 20.4. The molecule has 2 saturated heterocycles. The van der Waals surface area contributed by atoms with Crippen LogP contribution in [0.25, 0.3) is 21.5 Å². The van der Waals surface area contributed by atoms with Crippen molar-refractivity contribution < 1.29 is 37.1 Å². The van der Waals surface area contributed by atoms with Crippen LogP contribution in [0.1, 0.15) is 70.9 Å². The summed E-state index contributed by atoms with van der Waals surface area (Å²) in [5, 5.41) is 4.76. The molecule has 9 nitrogen and oxygen atoms in total. The van der Waals surface area contributed by atoms with E-state index in [9.17, 15) is 18.4 Å². The van der Waals surface area contributed by atoms with Gasteiger partial charge in [0.2, 0.25) is 0 Å². The number of carbonyl (C=O) groups is 2. The Morgan fingerprint density at radius 1 is 1.02 bits per heavy atom. The SMILES string of the molecule is COC(=O)c1cc2sc(N3[C@@H]4CC[C@H]3CC(OC(=O)c3c(-c5c(F)cccc5F)noc3C3CC3)C4)nc2cc1OC. The Hall–Kier alpha value is -4.06. The Morgan fingerprint density at radius 3 is 2.38 bits per heavy atom. The third-order valence-corrected chi connectivity index (χ3v) is 9.39. The highest BCUT2D eigenvalue weighted by atomic mass is 32.1. The number of thiazole rings is 1. The number of aromatic nitrogens is 2. The summed E-state index contributed by atoms with van der Waals surface area (Å²) in [6.07, 6.45) is 4.24. The minimum Gasteiger partial charge on any atom is -0.496 e. The predicted octanol–water partition coefficient (Wildman–Crippen LogP) is 6.26. The number of esters is 2. The molecule has 12 heteroatoms. The molecule has 42 heavy (non-hydrogen) atoms. The van der Waals surface area contributed by atoms with Crippen molar-refractivity contribution in [1.29, 1.82) is 0 Å². The molecule has 2 aromatic heterocycles. The van der Waals surface area contributed by atoms with Gasteiger partial charge in [0, 0.05) is 36.9 Å². The summed E-state index contributed by atoms with van der Waals surface area (Å²) in [6.45, 7) is 0. The van der Waals surface area contributed by atoms with Gasteiger partial charge in [0.05, 0.1) is 30.0 Å². The fraction of sp³-hybridized carbons (Fsp3) is 0.400. The van der Waals surface area contributed by atoms with Crippen LogP contribution >= 0.6 is 11.3 Å². The Bertz CT molecular complexity index is 1680. The van der Waals surface area contributed by atoms with Gasteiger partial charge >= 0.3 is 11.9 Å². The number of hydrogen-bond donors (Lipinski definition) is 0. The molecular weight excluding hydrogens is 568 g/mol. The molecular formula is C30H27F2N3O6S. The van der Waals surface area contributed by atoms with E-state index in [-0.39, 0.29) is 35.4 Å². The molecule has 0 amide bonds. The van der Waals surface area contributed by atoms with Crippen LogP contribution in [0.2, 0.25) is 0 Å². The van der Waals surface area contributed by atoms with Crippen molar-refractivity contribution in [3.05, 3.63) is 58.9 Å². The summed E-state index contributed by atoms with van der Waals surface area (Å²) < 4.78 is 51.9. The molecule has 0 radical (unpaired) electrons. The van der Waals surface area contributed by atoms with Crippen LogP contribution < -0.4 is 9.64 Å². The van der Waals surface area contributed by atoms with Gasteiger partial charge in [-0.05, 0) is 43.9 Å². The van der Waals surface area contributed by atoms with Gasteiger partial charge in [-0.2, -0.15) is 0 Å². The number of benzene rings is 2. The normalized spacial score (nSPS) is 21.5. The second-order valence-electron chi connectivity index (χ2n) is 10.9. The van der Waals surface area contributed by atoms with Gasteiger partial charge in [-0.15, -0.1) is 0 Å². The zero-order valence-corrected chi connectivity index (χ0v) is 23.7. The standard InChI is InChI=1S/C30H27F2N3O6S/c1-38-22-13-21-23(12-18(22)28(36)39-2)42-30(33-21)35-15-8-9-16(35)11-17(10-15)40-29(37)25-26(34-41-27(25)14-6-7-14)24-19(31)4-3-5-20(24)32/h3-5,12-17H,6-11H2,1-2H3/t15-,16+,17?. The van der Waals surface area contributed by atoms with Gasteiger partial charge in [-0.3, -0.25) is 0 Å². The first-order valence-corrected chi connectivity index (χ1v) is 14.7. The lowest BCUT2D eigenvalue weighted by atomic mass is 9.99. The quantitative estimate of drug-likeness (QED) is 0.229. The van der Waals surface area contributed by atoms with Crippen molar-refractivity contribution in [3.8, 4) is 17.0 Å². The Morgan fingerprint density at radius 2 is 1.74 bits per heavy atom. The van der Waals surface area contributed by atoms with E-state index >= 15 is 0 Å². The lowest BCUT2D eigenvalue weighted by Crippen LogP contribution is -2.46. The molecule has 3 fully saturated rings. The van der Waals surface area contributed by atoms with E-state index in [0.29, 0.717) is 29.9 Å². The van der Waals surface area contributed by atoms with Crippen molar-refractivity contribution in [1.82, 2.24) is 10.1 Å². The van der Waals surface area contributed by atoms with Gasteiger partial charge in [-0.1, -0.05) is 22.6 Å². The van der Waals surface area contributed by atoms with E-state index in [2.05, 4.69) is 10.1 Å². The highest BCUT2D eigenvalue weighted by molar-refractivity contribution is 7.22. The van der Waals surface area contributed by atoms with Crippen molar-refractivity contribution in [2.24, 2.45) is 0 Å². The summed E-state index contributed by atoms with van der Waals surface area (Å²) in [5.74, 6) is -2.08. The summed E-state index contributed by atoms with van der Waals surface area (Å²) in [7, 11) is 2.82. The second kappa shape index (κ2) is 10.3. The van der Waals surface area contributed by atoms with Crippen LogP contribution in [0.4, 0.5) is 13.9 Å². The zero-order valence-electron chi connectivity index (χ0n) is 22.9. The molecule has 7 rings (SSSR count). The lowest BCUT2D eigenvalue weighted by molar-refractivity contribution is 0.0202. The lowest BCUT2D eigenvalue weighted by Gasteiger charge is -2.38. The predicted molar refractivity (Wildman–Crippen MR) is 149 cm³/mol. The van der Waals surface area contributed by atoms with E-state index in [0.717, 1.165) is 53.2 Å². The maximum atomic E-state index is 14.7. The molecule has 1 unspecified atom stereocenters. The Kier molecular flexibility index (Phi) is 6.60. The average Bonchev–Trinajstić information content (AvgIpc) is 3.50. The Balaban J connectivity index is 1.13. The first kappa shape index (κ1) is 26.8. The number of rotatable bonds is 7. The Labute approximate surface area is 243 Å². The number of hydrogen-bond acceptors (Lipinski definition) is 10. The molecule has 2 bridgehead atoms. The number of ether oxygens (including phenoxy) is 3. The minimum atomic E-state index is -0.821. The minimum absolute atomic E-state index is 0.0119. The maximum Gasteiger partial charge on any atom is 0.344 e. The molecule has 0 spiro atoms. The van der Waals surface area contributed by atoms with E-state index in [1.54, 1.807) is 12.1 Å². The molecule has 218 valence electrons. The van der Waals surface area contributed by atoms with E-state index in [1.807, 2.05) is 0 Å². The number of piperidine rings is 1. The highest BCUT2D eigenvalue weighted by Crippen LogP contribution is 2.46. The van der Waals surface area contributed by atoms with Gasteiger partial charge in [-0.25, -0.2) is 23.4 Å². The van der Waals surface area contributed by atoms with Crippen LogP contribution in [-0.2, 0) is 9.47 Å². The molecule has 0 N–H and O–H groups in total. The molecule has 2 aromatic carbocycles. The zero-order chi connectivity index (χ0) is 29.1. The van der Waals surface area contributed by atoms with E-state index in [4.69, 9.17) is 23.7 Å². The average molecular weight is 596 g/mol. The summed E-state index contributed by atoms with van der Waals surface area (Å²) >= 11 is 1.49. The fourth-order valence-corrected chi connectivity index (χ4v) is 7.39. The fourth-order valence-electron chi connectivity index (χ4n) is 6.26. The van der Waals surface area contributed by atoms with Crippen molar-refractivity contribution >= 4 is 38.6 Å². The molecule has 3 aliphatic rings. The highest BCUT2D eigenvalue weighted by Gasteiger charge is 2.45. The van der Waals surface area contributed by atoms with Crippen LogP contribution in [0.3, 0.4) is 0 Å². The van der Waals surface area contributed by atoms with Crippen LogP contribution in [0.5, 0.6) is 5.75 Å². The van der Waals surface area contributed by atoms with Crippen LogP contribution in [0.15, 0.2) is 34.9 Å². The van der Waals surface area contributed by atoms with E-state index < -0.39 is 29.1 Å². The number of methoxy groups -OCH3 is 2. The number of anilines is 1. The van der Waals surface area contributed by atoms with Crippen molar-refractivity contribution in [2.75, 3.05) is 19.1 Å². The van der Waals surface area contributed by atoms with Crippen LogP contribution in [-0.4, -0.2) is 54.5 Å². The smallest absolute Gasteiger partial charge is 0.344 e. The van der Waals surface area contributed by atoms with Gasteiger partial charge in [0.1, 0.15) is 40.3 Å². The van der Waals surface area contributed by atoms with Gasteiger partial charge < -0.3 is 23.6 Å². The molecule has 3 atom stereocenters. The largest absolute Gasteiger partial charge is 0.496 e. The van der Waals surface area contributed by atoms with Gasteiger partial charge in [0.25, 0.3) is 0 Å². The number of carbonyl (C=O) groups excluding carboxylic acids is 2. The third-order valence-electron chi connectivity index (χ3n) is 8.36. The van der Waals surface area contributed by atoms with Crippen molar-refractivity contribution in [2.45, 2.75) is 62.6 Å². The summed E-state index contributed by atoms with van der Waals surface area (Å²) in [5.41, 5.74) is 0.524. The first-order valence-electron chi connectivity index (χ1n) is 13.9. The maximum absolute atomic E-state index is 14.7. The number of nitrogens with zero attached hydrogens (tertiary/aromatic N) is 3. The topological polar surface area (TPSA) is 104 Å². The third kappa shape index (κ3) is 4.48. The monoisotopic (exact) mass is 595 g/mol. The van der Waals surface area contributed by atoms with Gasteiger partial charge in [0.15, 0.2) is 10.9 Å². The van der Waals surface area contributed by atoms with Crippen LogP contribution in [0, 0.1) is 11.6 Å². The second-order valence-corrected chi connectivity index (χ2v) is 11.9. The van der Waals surface area contributed by atoms with E-state index in [1.165, 1.54) is 31.6 Å². The summed E-state index contributed by atoms with van der Waals surface area (Å²) in [4.78, 5) is 33.0. The molecule has 2 aliphatic heterocycles.